The van der Waals surface area contributed by atoms with Crippen LogP contribution in [0.3, 0.4) is 0 Å². The Morgan fingerprint density at radius 3 is 2.60 bits per heavy atom. The summed E-state index contributed by atoms with van der Waals surface area (Å²) in [6, 6.07) is 0. The lowest BCUT2D eigenvalue weighted by Crippen LogP contribution is -1.92. The van der Waals surface area contributed by atoms with Crippen molar-refractivity contribution in [3.8, 4) is 0 Å². The molecule has 0 heterocycles. The Labute approximate surface area is 88.2 Å². The molecule has 0 rings (SSSR count). The van der Waals surface area contributed by atoms with Gasteiger partial charge in [-0.1, -0.05) is 6.58 Å². The summed E-state index contributed by atoms with van der Waals surface area (Å²) in [5.41, 5.74) is 0. The Balaban J connectivity index is 4.11. The maximum Gasteiger partial charge on any atom is 0.118 e. The first-order valence-electron chi connectivity index (χ1n) is 2.60. The molecule has 0 amide bonds. The maximum absolute atomic E-state index is 4.16. The molecule has 0 fully saturated rings. The predicted octanol–water partition coefficient (Wildman–Crippen LogP) is 2.46. The molecule has 1 N–H and O–H groups in total. The van der Waals surface area contributed by atoms with Crippen LogP contribution in [0.2, 0.25) is 0 Å². The number of aliphatic imine (C=N–C) groups is 1. The van der Waals surface area contributed by atoms with Crippen molar-refractivity contribution in [2.45, 2.75) is 0 Å². The molecule has 0 saturated carbocycles. The van der Waals surface area contributed by atoms with Crippen LogP contribution < -0.4 is 5.32 Å². The average molecular weight is 362 g/mol. The summed E-state index contributed by atoms with van der Waals surface area (Å²) in [6.07, 6.45) is 3.53. The van der Waals surface area contributed by atoms with E-state index in [-0.39, 0.29) is 0 Å². The van der Waals surface area contributed by atoms with Gasteiger partial charge < -0.3 is 5.32 Å². The molecule has 0 aliphatic heterocycles. The molecule has 2 nitrogen and oxygen atoms in total. The summed E-state index contributed by atoms with van der Waals surface area (Å²) < 4.78 is 1.82. The van der Waals surface area contributed by atoms with Crippen molar-refractivity contribution >= 4 is 48.9 Å². The molecule has 0 unspecified atom stereocenters. The minimum Gasteiger partial charge on any atom is -0.392 e. The topological polar surface area (TPSA) is 24.4 Å². The highest BCUT2D eigenvalue weighted by Gasteiger charge is 1.86. The van der Waals surface area contributed by atoms with Crippen LogP contribution in [0.1, 0.15) is 0 Å². The van der Waals surface area contributed by atoms with Gasteiger partial charge in [0.2, 0.25) is 0 Å². The highest BCUT2D eigenvalue weighted by atomic mass is 127. The molecule has 0 aliphatic carbocycles. The summed E-state index contributed by atoms with van der Waals surface area (Å²) in [5.74, 6) is 0. The normalized spacial score (nSPS) is 13.1. The van der Waals surface area contributed by atoms with Gasteiger partial charge in [-0.05, 0) is 51.3 Å². The van der Waals surface area contributed by atoms with Crippen LogP contribution >= 0.6 is 45.2 Å². The van der Waals surface area contributed by atoms with Crippen LogP contribution in [-0.2, 0) is 0 Å². The first-order valence-corrected chi connectivity index (χ1v) is 4.76. The smallest absolute Gasteiger partial charge is 0.118 e. The van der Waals surface area contributed by atoms with Gasteiger partial charge in [0.1, 0.15) is 7.42 Å². The molecule has 56 valence electrons. The molecule has 0 aromatic rings. The number of allylic oxidation sites excluding steroid dienone is 1. The van der Waals surface area contributed by atoms with E-state index in [0.717, 1.165) is 7.42 Å². The zero-order valence-corrected chi connectivity index (χ0v) is 9.88. The number of hydrogen-bond donors (Lipinski definition) is 1. The third-order valence-electron chi connectivity index (χ3n) is 0.645. The van der Waals surface area contributed by atoms with Crippen molar-refractivity contribution in [2.75, 3.05) is 7.05 Å². The lowest BCUT2D eigenvalue weighted by Gasteiger charge is -1.90. The van der Waals surface area contributed by atoms with Crippen LogP contribution in [0.25, 0.3) is 0 Å². The molecule has 10 heavy (non-hydrogen) atoms. The molecule has 0 bridgehead atoms. The van der Waals surface area contributed by atoms with E-state index in [2.05, 4.69) is 62.1 Å². The van der Waals surface area contributed by atoms with Crippen LogP contribution in [0, 0.1) is 0 Å². The van der Waals surface area contributed by atoms with Crippen molar-refractivity contribution in [2.24, 2.45) is 4.99 Å². The molecule has 0 aromatic heterocycles. The van der Waals surface area contributed by atoms with Gasteiger partial charge in [0.05, 0.1) is 0 Å². The van der Waals surface area contributed by atoms with Gasteiger partial charge in [-0.2, -0.15) is 0 Å². The second-order valence-electron chi connectivity index (χ2n) is 1.39. The SMILES string of the molecule is C=C/C(I)=N\C(I)=C/NC. The Morgan fingerprint density at radius 2 is 2.20 bits per heavy atom. The van der Waals surface area contributed by atoms with Crippen molar-refractivity contribution in [3.63, 3.8) is 0 Å². The average Bonchev–Trinajstić information content (AvgIpc) is 1.88. The third-order valence-corrected chi connectivity index (χ3v) is 1.88. The first kappa shape index (κ1) is 10.4. The number of hydrogen-bond acceptors (Lipinski definition) is 2. The van der Waals surface area contributed by atoms with E-state index in [1.54, 1.807) is 6.08 Å². The second kappa shape index (κ2) is 6.14. The lowest BCUT2D eigenvalue weighted by molar-refractivity contribution is 1.09. The highest BCUT2D eigenvalue weighted by molar-refractivity contribution is 14.1. The summed E-state index contributed by atoms with van der Waals surface area (Å²) in [4.78, 5) is 4.16. The fourth-order valence-corrected chi connectivity index (χ4v) is 1.59. The van der Waals surface area contributed by atoms with E-state index in [0.29, 0.717) is 0 Å². The molecule has 0 spiro atoms. The quantitative estimate of drug-likeness (QED) is 0.466. The van der Waals surface area contributed by atoms with Crippen molar-refractivity contribution in [1.29, 1.82) is 0 Å². The van der Waals surface area contributed by atoms with Gasteiger partial charge in [-0.25, -0.2) is 4.99 Å². The Morgan fingerprint density at radius 1 is 1.60 bits per heavy atom. The monoisotopic (exact) mass is 362 g/mol. The van der Waals surface area contributed by atoms with Crippen LogP contribution in [0.15, 0.2) is 27.6 Å². The molecular weight excluding hydrogens is 354 g/mol. The van der Waals surface area contributed by atoms with Gasteiger partial charge in [0, 0.05) is 13.2 Å². The van der Waals surface area contributed by atoms with Crippen LogP contribution in [0.5, 0.6) is 0 Å². The fraction of sp³-hybridized carbons (Fsp3) is 0.167. The van der Waals surface area contributed by atoms with Gasteiger partial charge in [0.15, 0.2) is 0 Å². The van der Waals surface area contributed by atoms with Gasteiger partial charge in [0.25, 0.3) is 0 Å². The van der Waals surface area contributed by atoms with Gasteiger partial charge in [-0.3, -0.25) is 0 Å². The number of nitrogens with one attached hydrogen (secondary N) is 1. The fourth-order valence-electron chi connectivity index (χ4n) is 0.299. The Hall–Kier alpha value is 0.410. The third kappa shape index (κ3) is 5.21. The Bertz CT molecular complexity index is 173. The minimum absolute atomic E-state index is 0.897. The molecular formula is C6H8I2N2. The van der Waals surface area contributed by atoms with E-state index in [1.807, 2.05) is 13.2 Å². The Kier molecular flexibility index (Phi) is 6.39. The summed E-state index contributed by atoms with van der Waals surface area (Å²) >= 11 is 4.26. The predicted molar refractivity (Wildman–Crippen MR) is 62.8 cm³/mol. The van der Waals surface area contributed by atoms with Gasteiger partial charge >= 0.3 is 0 Å². The molecule has 0 aliphatic rings. The van der Waals surface area contributed by atoms with E-state index < -0.39 is 0 Å². The van der Waals surface area contributed by atoms with E-state index >= 15 is 0 Å². The van der Waals surface area contributed by atoms with E-state index in [9.17, 15) is 0 Å². The van der Waals surface area contributed by atoms with Crippen molar-refractivity contribution < 1.29 is 0 Å². The minimum atomic E-state index is 0.897. The summed E-state index contributed by atoms with van der Waals surface area (Å²) in [6.45, 7) is 3.58. The number of halogens is 2. The largest absolute Gasteiger partial charge is 0.392 e. The van der Waals surface area contributed by atoms with Crippen molar-refractivity contribution in [1.82, 2.24) is 5.32 Å². The molecule has 0 saturated heterocycles. The maximum atomic E-state index is 4.16. The molecule has 0 atom stereocenters. The molecule has 0 radical (unpaired) electrons. The zero-order chi connectivity index (χ0) is 7.98. The van der Waals surface area contributed by atoms with E-state index in [4.69, 9.17) is 0 Å². The van der Waals surface area contributed by atoms with Crippen LogP contribution in [-0.4, -0.2) is 10.8 Å². The van der Waals surface area contributed by atoms with Crippen LogP contribution in [0.4, 0.5) is 0 Å². The zero-order valence-electron chi connectivity index (χ0n) is 5.56. The number of rotatable bonds is 3. The summed E-state index contributed by atoms with van der Waals surface area (Å²) in [7, 11) is 1.84. The standard InChI is InChI=1S/C6H8I2N2/c1-3-5(7)10-6(8)4-9-2/h3-4,9H,1H2,2H3/b6-4-,10-5+. The first-order chi connectivity index (χ1) is 4.70. The molecule has 4 heteroatoms. The molecule has 0 aromatic carbocycles. The van der Waals surface area contributed by atoms with E-state index in [1.165, 1.54) is 0 Å². The highest BCUT2D eigenvalue weighted by Crippen LogP contribution is 2.08. The van der Waals surface area contributed by atoms with Gasteiger partial charge in [-0.15, -0.1) is 0 Å². The lowest BCUT2D eigenvalue weighted by atomic mass is 10.7. The number of nitrogens with zero attached hydrogens (tertiary/aromatic N) is 1. The second-order valence-corrected chi connectivity index (χ2v) is 3.60. The summed E-state index contributed by atoms with van der Waals surface area (Å²) in [5, 5.41) is 2.88. The van der Waals surface area contributed by atoms with Crippen molar-refractivity contribution in [3.05, 3.63) is 22.6 Å².